The van der Waals surface area contributed by atoms with Gasteiger partial charge in [0.1, 0.15) is 5.82 Å². The molecule has 1 aromatic carbocycles. The van der Waals surface area contributed by atoms with Crippen LogP contribution in [0.5, 0.6) is 0 Å². The molecule has 0 aliphatic heterocycles. The molecule has 0 spiro atoms. The van der Waals surface area contributed by atoms with Gasteiger partial charge in [-0.2, -0.15) is 0 Å². The topological polar surface area (TPSA) is 49.4 Å². The molecule has 0 heterocycles. The first-order valence-electron chi connectivity index (χ1n) is 6.34. The number of hydrogen-bond acceptors (Lipinski definition) is 3. The Hall–Kier alpha value is -0.980. The summed E-state index contributed by atoms with van der Waals surface area (Å²) in [4.78, 5) is 0. The predicted molar refractivity (Wildman–Crippen MR) is 74.8 cm³/mol. The summed E-state index contributed by atoms with van der Waals surface area (Å²) in [5, 5.41) is 3.11. The third kappa shape index (κ3) is 5.67. The summed E-state index contributed by atoms with van der Waals surface area (Å²) in [5.74, 6) is -0.221. The maximum atomic E-state index is 13.3. The second kappa shape index (κ2) is 7.57. The molecule has 0 saturated heterocycles. The van der Waals surface area contributed by atoms with Crippen molar-refractivity contribution < 1.29 is 12.8 Å². The summed E-state index contributed by atoms with van der Waals surface area (Å²) >= 11 is 0. The van der Waals surface area contributed by atoms with Crippen molar-refractivity contribution in [2.45, 2.75) is 19.9 Å². The molecule has 0 fully saturated rings. The van der Waals surface area contributed by atoms with Crippen LogP contribution < -0.4 is 5.32 Å². The summed E-state index contributed by atoms with van der Waals surface area (Å²) < 4.78 is 37.4. The molecule has 1 N–H and O–H groups in total. The smallest absolute Gasteiger partial charge is 0.211 e. The lowest BCUT2D eigenvalue weighted by molar-refractivity contribution is 0.418. The lowest BCUT2D eigenvalue weighted by Crippen LogP contribution is -2.32. The fourth-order valence-electron chi connectivity index (χ4n) is 1.80. The van der Waals surface area contributed by atoms with Crippen molar-refractivity contribution in [2.75, 3.05) is 25.9 Å². The SMILES string of the molecule is CCN(CCCNCc1ccccc1F)S(C)(=O)=O. The van der Waals surface area contributed by atoms with Crippen LogP contribution in [0, 0.1) is 5.82 Å². The fourth-order valence-corrected chi connectivity index (χ4v) is 2.73. The largest absolute Gasteiger partial charge is 0.313 e. The van der Waals surface area contributed by atoms with E-state index in [4.69, 9.17) is 0 Å². The molecule has 0 unspecified atom stereocenters. The van der Waals surface area contributed by atoms with Crippen molar-refractivity contribution in [1.82, 2.24) is 9.62 Å². The maximum Gasteiger partial charge on any atom is 0.211 e. The molecular formula is C13H21FN2O2S. The van der Waals surface area contributed by atoms with Crippen LogP contribution in [0.15, 0.2) is 24.3 Å². The molecule has 19 heavy (non-hydrogen) atoms. The van der Waals surface area contributed by atoms with Gasteiger partial charge in [0.15, 0.2) is 0 Å². The van der Waals surface area contributed by atoms with Crippen LogP contribution in [0.25, 0.3) is 0 Å². The van der Waals surface area contributed by atoms with Crippen LogP contribution in [0.2, 0.25) is 0 Å². The molecular weight excluding hydrogens is 267 g/mol. The van der Waals surface area contributed by atoms with E-state index in [2.05, 4.69) is 5.32 Å². The second-order valence-corrected chi connectivity index (χ2v) is 6.36. The van der Waals surface area contributed by atoms with Gasteiger partial charge in [0.05, 0.1) is 6.26 Å². The Labute approximate surface area is 114 Å². The Bertz CT molecular complexity index is 491. The highest BCUT2D eigenvalue weighted by atomic mass is 32.2. The molecule has 0 aliphatic rings. The van der Waals surface area contributed by atoms with E-state index in [1.165, 1.54) is 16.6 Å². The third-order valence-electron chi connectivity index (χ3n) is 2.86. The van der Waals surface area contributed by atoms with Crippen molar-refractivity contribution in [2.24, 2.45) is 0 Å². The van der Waals surface area contributed by atoms with Gasteiger partial charge in [0.2, 0.25) is 10.0 Å². The van der Waals surface area contributed by atoms with Crippen LogP contribution >= 0.6 is 0 Å². The Morgan fingerprint density at radius 2 is 2.00 bits per heavy atom. The Kier molecular flexibility index (Phi) is 6.41. The minimum absolute atomic E-state index is 0.221. The molecule has 0 aliphatic carbocycles. The van der Waals surface area contributed by atoms with Gasteiger partial charge in [0, 0.05) is 25.2 Å². The number of hydrogen-bond donors (Lipinski definition) is 1. The van der Waals surface area contributed by atoms with Crippen LogP contribution in [-0.4, -0.2) is 38.6 Å². The van der Waals surface area contributed by atoms with Gasteiger partial charge in [-0.15, -0.1) is 0 Å². The summed E-state index contributed by atoms with van der Waals surface area (Å²) in [5.41, 5.74) is 0.623. The van der Waals surface area contributed by atoms with Crippen LogP contribution in [-0.2, 0) is 16.6 Å². The lowest BCUT2D eigenvalue weighted by atomic mass is 10.2. The van der Waals surface area contributed by atoms with Crippen LogP contribution in [0.1, 0.15) is 18.9 Å². The molecule has 0 radical (unpaired) electrons. The van der Waals surface area contributed by atoms with Gasteiger partial charge in [-0.25, -0.2) is 17.1 Å². The number of nitrogens with one attached hydrogen (secondary N) is 1. The summed E-state index contributed by atoms with van der Waals surface area (Å²) in [6, 6.07) is 6.61. The normalized spacial score (nSPS) is 12.0. The van der Waals surface area contributed by atoms with Crippen LogP contribution in [0.3, 0.4) is 0 Å². The van der Waals surface area contributed by atoms with E-state index in [0.29, 0.717) is 38.2 Å². The van der Waals surface area contributed by atoms with Crippen LogP contribution in [0.4, 0.5) is 4.39 Å². The van der Waals surface area contributed by atoms with Crippen molar-refractivity contribution >= 4 is 10.0 Å². The van der Waals surface area contributed by atoms with E-state index in [0.717, 1.165) is 0 Å². The molecule has 1 rings (SSSR count). The maximum absolute atomic E-state index is 13.3. The van der Waals surface area contributed by atoms with E-state index >= 15 is 0 Å². The van der Waals surface area contributed by atoms with Gasteiger partial charge < -0.3 is 5.32 Å². The number of sulfonamides is 1. The predicted octanol–water partition coefficient (Wildman–Crippen LogP) is 1.59. The third-order valence-corrected chi connectivity index (χ3v) is 4.23. The monoisotopic (exact) mass is 288 g/mol. The Morgan fingerprint density at radius 1 is 1.32 bits per heavy atom. The van der Waals surface area contributed by atoms with Gasteiger partial charge in [-0.05, 0) is 19.0 Å². The van der Waals surface area contributed by atoms with Gasteiger partial charge in [-0.1, -0.05) is 25.1 Å². The standard InChI is InChI=1S/C13H21FN2O2S/c1-3-16(19(2,17)18)10-6-9-15-11-12-7-4-5-8-13(12)14/h4-5,7-8,15H,3,6,9-11H2,1-2H3. The van der Waals surface area contributed by atoms with E-state index in [1.54, 1.807) is 18.2 Å². The minimum Gasteiger partial charge on any atom is -0.313 e. The minimum atomic E-state index is -3.12. The second-order valence-electron chi connectivity index (χ2n) is 4.38. The molecule has 4 nitrogen and oxygen atoms in total. The zero-order valence-electron chi connectivity index (χ0n) is 11.4. The molecule has 6 heteroatoms. The van der Waals surface area contributed by atoms with Gasteiger partial charge >= 0.3 is 0 Å². The number of nitrogens with zero attached hydrogens (tertiary/aromatic N) is 1. The Balaban J connectivity index is 2.27. The summed E-state index contributed by atoms with van der Waals surface area (Å²) in [7, 11) is -3.12. The molecule has 0 aromatic heterocycles. The highest BCUT2D eigenvalue weighted by molar-refractivity contribution is 7.88. The molecule has 1 aromatic rings. The van der Waals surface area contributed by atoms with Gasteiger partial charge in [-0.3, -0.25) is 0 Å². The van der Waals surface area contributed by atoms with E-state index in [9.17, 15) is 12.8 Å². The van der Waals surface area contributed by atoms with Crippen molar-refractivity contribution in [3.63, 3.8) is 0 Å². The highest BCUT2D eigenvalue weighted by Crippen LogP contribution is 2.05. The molecule has 0 amide bonds. The van der Waals surface area contributed by atoms with E-state index in [1.807, 2.05) is 6.92 Å². The average Bonchev–Trinajstić information content (AvgIpc) is 2.34. The van der Waals surface area contributed by atoms with Crippen molar-refractivity contribution in [3.8, 4) is 0 Å². The average molecular weight is 288 g/mol. The molecule has 0 saturated carbocycles. The fraction of sp³-hybridized carbons (Fsp3) is 0.538. The lowest BCUT2D eigenvalue weighted by Gasteiger charge is -2.17. The zero-order valence-corrected chi connectivity index (χ0v) is 12.2. The quantitative estimate of drug-likeness (QED) is 0.739. The first kappa shape index (κ1) is 16.1. The molecule has 0 atom stereocenters. The summed E-state index contributed by atoms with van der Waals surface area (Å²) in [6.07, 6.45) is 1.92. The van der Waals surface area contributed by atoms with Crippen molar-refractivity contribution in [3.05, 3.63) is 35.6 Å². The Morgan fingerprint density at radius 3 is 2.58 bits per heavy atom. The first-order valence-corrected chi connectivity index (χ1v) is 8.19. The van der Waals surface area contributed by atoms with E-state index in [-0.39, 0.29) is 5.82 Å². The molecule has 108 valence electrons. The molecule has 0 bridgehead atoms. The van der Waals surface area contributed by atoms with E-state index < -0.39 is 10.0 Å². The number of benzene rings is 1. The number of rotatable bonds is 8. The van der Waals surface area contributed by atoms with Gasteiger partial charge in [0.25, 0.3) is 0 Å². The first-order chi connectivity index (χ1) is 8.95. The highest BCUT2D eigenvalue weighted by Gasteiger charge is 2.12. The zero-order chi connectivity index (χ0) is 14.3. The number of halogens is 1. The summed E-state index contributed by atoms with van der Waals surface area (Å²) in [6.45, 7) is 3.89. The van der Waals surface area contributed by atoms with Crippen molar-refractivity contribution in [1.29, 1.82) is 0 Å².